The lowest BCUT2D eigenvalue weighted by Crippen LogP contribution is -2.26. The molecule has 5 rings (SSSR count). The van der Waals surface area contributed by atoms with Gasteiger partial charge in [-0.05, 0) is 44.0 Å². The van der Waals surface area contributed by atoms with Crippen molar-refractivity contribution >= 4 is 11.0 Å². The van der Waals surface area contributed by atoms with Crippen molar-refractivity contribution in [3.63, 3.8) is 0 Å². The maximum absolute atomic E-state index is 12.7. The van der Waals surface area contributed by atoms with Crippen LogP contribution in [0.4, 0.5) is 0 Å². The van der Waals surface area contributed by atoms with E-state index >= 15 is 0 Å². The molecule has 28 heavy (non-hydrogen) atoms. The Labute approximate surface area is 160 Å². The number of hydrogen-bond acceptors (Lipinski definition) is 6. The summed E-state index contributed by atoms with van der Waals surface area (Å²) in [6.07, 6.45) is 6.10. The number of rotatable bonds is 3. The van der Waals surface area contributed by atoms with Crippen molar-refractivity contribution in [2.45, 2.75) is 38.6 Å². The van der Waals surface area contributed by atoms with Gasteiger partial charge in [0.25, 0.3) is 11.4 Å². The normalized spacial score (nSPS) is 14.9. The molecule has 142 valence electrons. The summed E-state index contributed by atoms with van der Waals surface area (Å²) in [5, 5.41) is 8.23. The predicted octanol–water partition coefficient (Wildman–Crippen LogP) is 3.27. The highest BCUT2D eigenvalue weighted by molar-refractivity contribution is 5.80. The Morgan fingerprint density at radius 1 is 1.14 bits per heavy atom. The van der Waals surface area contributed by atoms with E-state index in [2.05, 4.69) is 20.2 Å². The molecule has 1 aliphatic carbocycles. The summed E-state index contributed by atoms with van der Waals surface area (Å²) in [7, 11) is 1.82. The van der Waals surface area contributed by atoms with E-state index in [0.717, 1.165) is 48.0 Å². The molecule has 0 amide bonds. The van der Waals surface area contributed by atoms with Crippen LogP contribution in [-0.2, 0) is 7.05 Å². The number of nitrogens with zero attached hydrogens (tertiary/aromatic N) is 6. The fraction of sp³-hybridized carbons (Fsp3) is 0.350. The van der Waals surface area contributed by atoms with Crippen molar-refractivity contribution < 1.29 is 4.52 Å². The van der Waals surface area contributed by atoms with Crippen LogP contribution in [0.2, 0.25) is 0 Å². The predicted molar refractivity (Wildman–Crippen MR) is 104 cm³/mol. The van der Waals surface area contributed by atoms with Gasteiger partial charge < -0.3 is 9.09 Å². The van der Waals surface area contributed by atoms with Crippen molar-refractivity contribution in [3.05, 3.63) is 46.5 Å². The molecule has 0 bridgehead atoms. The largest absolute Gasteiger partial charge is 0.332 e. The van der Waals surface area contributed by atoms with E-state index in [1.807, 2.05) is 35.9 Å². The summed E-state index contributed by atoms with van der Waals surface area (Å²) in [6, 6.07) is 7.86. The topological polar surface area (TPSA) is 91.6 Å². The Morgan fingerprint density at radius 3 is 2.71 bits per heavy atom. The molecule has 1 aromatic carbocycles. The Morgan fingerprint density at radius 2 is 1.96 bits per heavy atom. The number of fused-ring (bicyclic) bond motifs is 1. The molecule has 0 N–H and O–H groups in total. The molecule has 3 heterocycles. The number of benzene rings is 1. The van der Waals surface area contributed by atoms with Gasteiger partial charge in [0.2, 0.25) is 5.82 Å². The second-order valence-electron chi connectivity index (χ2n) is 7.28. The van der Waals surface area contributed by atoms with E-state index in [0.29, 0.717) is 17.4 Å². The minimum absolute atomic E-state index is 0.00482. The number of aromatic nitrogens is 6. The van der Waals surface area contributed by atoms with Crippen LogP contribution in [0.1, 0.15) is 37.4 Å². The summed E-state index contributed by atoms with van der Waals surface area (Å²) in [6.45, 7) is 1.77. The minimum Gasteiger partial charge on any atom is -0.332 e. The van der Waals surface area contributed by atoms with Gasteiger partial charge in [-0.15, -0.1) is 0 Å². The molecule has 0 atom stereocenters. The van der Waals surface area contributed by atoms with E-state index in [1.165, 1.54) is 0 Å². The van der Waals surface area contributed by atoms with Gasteiger partial charge in [-0.3, -0.25) is 9.48 Å². The molecular formula is C20H20N6O2. The molecule has 0 spiro atoms. The average molecular weight is 376 g/mol. The fourth-order valence-corrected chi connectivity index (χ4v) is 4.02. The second-order valence-corrected chi connectivity index (χ2v) is 7.28. The lowest BCUT2D eigenvalue weighted by Gasteiger charge is -2.17. The summed E-state index contributed by atoms with van der Waals surface area (Å²) >= 11 is 0. The molecule has 4 aromatic rings. The molecule has 0 aliphatic heterocycles. The van der Waals surface area contributed by atoms with Gasteiger partial charge in [0, 0.05) is 24.8 Å². The monoisotopic (exact) mass is 376 g/mol. The zero-order valence-electron chi connectivity index (χ0n) is 15.8. The van der Waals surface area contributed by atoms with E-state index < -0.39 is 0 Å². The first-order valence-electron chi connectivity index (χ1n) is 9.47. The average Bonchev–Trinajstić information content (AvgIpc) is 3.43. The first kappa shape index (κ1) is 16.9. The van der Waals surface area contributed by atoms with E-state index in [4.69, 9.17) is 4.52 Å². The van der Waals surface area contributed by atoms with E-state index in [1.54, 1.807) is 17.8 Å². The molecule has 8 heteroatoms. The highest BCUT2D eigenvalue weighted by atomic mass is 16.5. The van der Waals surface area contributed by atoms with Crippen LogP contribution >= 0.6 is 0 Å². The SMILES string of the molecule is Cc1nc2cc(-c3noc(-c4ccnn4C)n3)ccc2n(C2CCCC2)c1=O. The van der Waals surface area contributed by atoms with Crippen molar-refractivity contribution in [2.24, 2.45) is 7.05 Å². The van der Waals surface area contributed by atoms with Gasteiger partial charge in [0.05, 0.1) is 11.0 Å². The van der Waals surface area contributed by atoms with Crippen LogP contribution in [0.25, 0.3) is 34.0 Å². The van der Waals surface area contributed by atoms with Crippen LogP contribution in [-0.4, -0.2) is 29.5 Å². The van der Waals surface area contributed by atoms with Gasteiger partial charge in [0.15, 0.2) is 0 Å². The lowest BCUT2D eigenvalue weighted by molar-refractivity contribution is 0.428. The van der Waals surface area contributed by atoms with Crippen LogP contribution < -0.4 is 5.56 Å². The summed E-state index contributed by atoms with van der Waals surface area (Å²) in [5.74, 6) is 0.895. The minimum atomic E-state index is 0.00482. The third-order valence-corrected chi connectivity index (χ3v) is 5.47. The molecule has 8 nitrogen and oxygen atoms in total. The van der Waals surface area contributed by atoms with Gasteiger partial charge in [-0.1, -0.05) is 18.0 Å². The lowest BCUT2D eigenvalue weighted by atomic mass is 10.1. The number of aryl methyl sites for hydroxylation is 2. The maximum Gasteiger partial charge on any atom is 0.276 e. The second kappa shape index (κ2) is 6.40. The highest BCUT2D eigenvalue weighted by Crippen LogP contribution is 2.31. The molecule has 0 radical (unpaired) electrons. The quantitative estimate of drug-likeness (QED) is 0.545. The van der Waals surface area contributed by atoms with Gasteiger partial charge in [-0.25, -0.2) is 4.98 Å². The van der Waals surface area contributed by atoms with E-state index in [9.17, 15) is 4.79 Å². The number of hydrogen-bond donors (Lipinski definition) is 0. The van der Waals surface area contributed by atoms with Gasteiger partial charge in [0.1, 0.15) is 11.4 Å². The molecule has 1 saturated carbocycles. The zero-order valence-corrected chi connectivity index (χ0v) is 15.8. The third-order valence-electron chi connectivity index (χ3n) is 5.47. The Balaban J connectivity index is 1.61. The van der Waals surface area contributed by atoms with Gasteiger partial charge >= 0.3 is 0 Å². The van der Waals surface area contributed by atoms with Crippen LogP contribution in [0.15, 0.2) is 39.8 Å². The van der Waals surface area contributed by atoms with Crippen LogP contribution in [0.3, 0.4) is 0 Å². The summed E-state index contributed by atoms with van der Waals surface area (Å²) in [5.41, 5.74) is 3.71. The van der Waals surface area contributed by atoms with Crippen molar-refractivity contribution in [1.82, 2.24) is 29.5 Å². The molecule has 1 aliphatic rings. The molecule has 3 aromatic heterocycles. The summed E-state index contributed by atoms with van der Waals surface area (Å²) in [4.78, 5) is 21.8. The highest BCUT2D eigenvalue weighted by Gasteiger charge is 2.22. The standard InChI is InChI=1S/C20H20N6O2/c1-12-20(27)26(14-5-3-4-6-14)16-8-7-13(11-15(16)22-12)18-23-19(28-24-18)17-9-10-21-25(17)2/h7-11,14H,3-6H2,1-2H3. The molecule has 0 unspecified atom stereocenters. The Bertz CT molecular complexity index is 1230. The van der Waals surface area contributed by atoms with Crippen molar-refractivity contribution in [1.29, 1.82) is 0 Å². The molecule has 0 saturated heterocycles. The Kier molecular flexibility index (Phi) is 3.85. The first-order chi connectivity index (χ1) is 13.6. The Hall–Kier alpha value is -3.29. The maximum atomic E-state index is 12.7. The van der Waals surface area contributed by atoms with Crippen LogP contribution in [0, 0.1) is 6.92 Å². The molecule has 1 fully saturated rings. The summed E-state index contributed by atoms with van der Waals surface area (Å²) < 4.78 is 9.01. The van der Waals surface area contributed by atoms with Crippen molar-refractivity contribution in [2.75, 3.05) is 0 Å². The van der Waals surface area contributed by atoms with Crippen LogP contribution in [0.5, 0.6) is 0 Å². The van der Waals surface area contributed by atoms with Gasteiger partial charge in [-0.2, -0.15) is 10.1 Å². The fourth-order valence-electron chi connectivity index (χ4n) is 4.02. The zero-order chi connectivity index (χ0) is 19.3. The molecular weight excluding hydrogens is 356 g/mol. The first-order valence-corrected chi connectivity index (χ1v) is 9.47. The smallest absolute Gasteiger partial charge is 0.276 e. The van der Waals surface area contributed by atoms with Crippen molar-refractivity contribution in [3.8, 4) is 23.0 Å². The third kappa shape index (κ3) is 2.64. The van der Waals surface area contributed by atoms with E-state index in [-0.39, 0.29) is 11.6 Å².